The van der Waals surface area contributed by atoms with Crippen molar-refractivity contribution in [3.8, 4) is 0 Å². The number of carbonyl (C=O) groups excluding carboxylic acids is 1. The van der Waals surface area contributed by atoms with Crippen molar-refractivity contribution in [3.05, 3.63) is 60.8 Å². The molecule has 2 heteroatoms. The second-order valence-electron chi connectivity index (χ2n) is 4.96. The van der Waals surface area contributed by atoms with Gasteiger partial charge in [-0.3, -0.25) is 4.79 Å². The molecule has 0 unspecified atom stereocenters. The van der Waals surface area contributed by atoms with E-state index in [0.717, 1.165) is 44.9 Å². The predicted octanol–water partition coefficient (Wildman–Crippen LogP) is 6.67. The maximum Gasteiger partial charge on any atom is 0.221 e. The van der Waals surface area contributed by atoms with Gasteiger partial charge in [-0.25, -0.2) is 0 Å². The molecule has 0 saturated heterocycles. The number of carbonyl (C=O) groups is 1. The lowest BCUT2D eigenvalue weighted by Gasteiger charge is -1.89. The minimum Gasteiger partial charge on any atom is -0.281 e. The topological polar surface area (TPSA) is 17.1 Å². The van der Waals surface area contributed by atoms with Crippen LogP contribution in [0, 0.1) is 0 Å². The fraction of sp³-hybridized carbons (Fsp3) is 0.450. The van der Waals surface area contributed by atoms with Crippen molar-refractivity contribution in [1.29, 1.82) is 0 Å². The Bertz CT molecular complexity index is 400. The van der Waals surface area contributed by atoms with E-state index in [2.05, 4.69) is 67.7 Å². The first kappa shape index (κ1) is 20.7. The van der Waals surface area contributed by atoms with Crippen molar-refractivity contribution in [2.45, 2.75) is 58.3 Å². The van der Waals surface area contributed by atoms with E-state index in [4.69, 9.17) is 11.6 Å². The van der Waals surface area contributed by atoms with Crippen molar-refractivity contribution in [2.24, 2.45) is 0 Å². The smallest absolute Gasteiger partial charge is 0.221 e. The average molecular weight is 321 g/mol. The van der Waals surface area contributed by atoms with E-state index in [-0.39, 0.29) is 5.24 Å². The van der Waals surface area contributed by atoms with Crippen LogP contribution in [0.4, 0.5) is 0 Å². The third-order valence-corrected chi connectivity index (χ3v) is 3.09. The van der Waals surface area contributed by atoms with E-state index in [1.807, 2.05) is 0 Å². The van der Waals surface area contributed by atoms with Gasteiger partial charge in [0.2, 0.25) is 5.24 Å². The summed E-state index contributed by atoms with van der Waals surface area (Å²) in [6.07, 6.45) is 29.1. The van der Waals surface area contributed by atoms with Gasteiger partial charge in [-0.2, -0.15) is 0 Å². The normalized spacial score (nSPS) is 12.8. The molecule has 122 valence electrons. The summed E-state index contributed by atoms with van der Waals surface area (Å²) < 4.78 is 0. The van der Waals surface area contributed by atoms with Gasteiger partial charge < -0.3 is 0 Å². The highest BCUT2D eigenvalue weighted by Gasteiger charge is 1.92. The molecule has 0 heterocycles. The zero-order chi connectivity index (χ0) is 16.3. The van der Waals surface area contributed by atoms with Gasteiger partial charge >= 0.3 is 0 Å². The molecule has 0 aromatic heterocycles. The molecule has 0 N–H and O–H groups in total. The summed E-state index contributed by atoms with van der Waals surface area (Å²) in [5.41, 5.74) is 0. The lowest BCUT2D eigenvalue weighted by atomic mass is 10.2. The van der Waals surface area contributed by atoms with Gasteiger partial charge in [-0.15, -0.1) is 0 Å². The van der Waals surface area contributed by atoms with Crippen molar-refractivity contribution in [1.82, 2.24) is 0 Å². The van der Waals surface area contributed by atoms with Crippen LogP contribution in [-0.4, -0.2) is 5.24 Å². The average Bonchev–Trinajstić information content (AvgIpc) is 2.50. The first-order valence-corrected chi connectivity index (χ1v) is 8.58. The SMILES string of the molecule is CC/C=C\C/C=C\C/C=C\C/C=C\C/C=C\CCCC(=O)Cl. The lowest BCUT2D eigenvalue weighted by Crippen LogP contribution is -1.83. The van der Waals surface area contributed by atoms with Crippen LogP contribution in [0.1, 0.15) is 58.3 Å². The molecule has 22 heavy (non-hydrogen) atoms. The summed E-state index contributed by atoms with van der Waals surface area (Å²) in [5, 5.41) is -0.243. The van der Waals surface area contributed by atoms with Gasteiger partial charge in [0.1, 0.15) is 0 Å². The molecule has 0 saturated carbocycles. The Labute approximate surface area is 141 Å². The maximum atomic E-state index is 10.5. The summed E-state index contributed by atoms with van der Waals surface area (Å²) in [7, 11) is 0. The van der Waals surface area contributed by atoms with E-state index >= 15 is 0 Å². The molecule has 0 spiro atoms. The van der Waals surface area contributed by atoms with Crippen LogP contribution >= 0.6 is 11.6 Å². The van der Waals surface area contributed by atoms with Gasteiger partial charge in [0.25, 0.3) is 0 Å². The molecular formula is C20H29ClO. The van der Waals surface area contributed by atoms with Crippen molar-refractivity contribution in [2.75, 3.05) is 0 Å². The molecule has 0 aliphatic heterocycles. The Morgan fingerprint density at radius 2 is 1.14 bits per heavy atom. The van der Waals surface area contributed by atoms with Crippen LogP contribution in [0.25, 0.3) is 0 Å². The Kier molecular flexibility index (Phi) is 16.6. The molecule has 0 aromatic rings. The second kappa shape index (κ2) is 17.7. The van der Waals surface area contributed by atoms with E-state index < -0.39 is 0 Å². The molecular weight excluding hydrogens is 292 g/mol. The van der Waals surface area contributed by atoms with Crippen LogP contribution in [0.2, 0.25) is 0 Å². The summed E-state index contributed by atoms with van der Waals surface area (Å²) in [4.78, 5) is 10.5. The van der Waals surface area contributed by atoms with E-state index in [9.17, 15) is 4.79 Å². The van der Waals surface area contributed by atoms with Gasteiger partial charge in [0, 0.05) is 6.42 Å². The molecule has 0 rings (SSSR count). The molecule has 0 aliphatic rings. The lowest BCUT2D eigenvalue weighted by molar-refractivity contribution is -0.111. The van der Waals surface area contributed by atoms with Crippen LogP contribution in [0.15, 0.2) is 60.8 Å². The number of hydrogen-bond acceptors (Lipinski definition) is 1. The van der Waals surface area contributed by atoms with Crippen molar-refractivity contribution in [3.63, 3.8) is 0 Å². The largest absolute Gasteiger partial charge is 0.281 e. The Morgan fingerprint density at radius 3 is 1.55 bits per heavy atom. The van der Waals surface area contributed by atoms with Gasteiger partial charge in [-0.05, 0) is 56.5 Å². The Balaban J connectivity index is 3.46. The molecule has 0 amide bonds. The van der Waals surface area contributed by atoms with E-state index in [0.29, 0.717) is 6.42 Å². The highest BCUT2D eigenvalue weighted by Crippen LogP contribution is 2.01. The number of allylic oxidation sites excluding steroid dienone is 10. The first-order chi connectivity index (χ1) is 10.8. The molecule has 0 fully saturated rings. The number of hydrogen-bond donors (Lipinski definition) is 0. The highest BCUT2D eigenvalue weighted by molar-refractivity contribution is 6.63. The highest BCUT2D eigenvalue weighted by atomic mass is 35.5. The standard InChI is InChI=1S/C20H29ClO/c1-2-3-4-5-6-7-8-9-10-11-12-13-14-15-16-17-18-19-20(21)22/h3-4,6-7,9-10,12-13,15-16H,2,5,8,11,14,17-19H2,1H3/b4-3-,7-6-,10-9-,13-12-,16-15-. The Morgan fingerprint density at radius 1 is 0.727 bits per heavy atom. The summed E-state index contributed by atoms with van der Waals surface area (Å²) in [5.74, 6) is 0. The predicted molar refractivity (Wildman–Crippen MR) is 99.2 cm³/mol. The van der Waals surface area contributed by atoms with Crippen LogP contribution in [-0.2, 0) is 4.79 Å². The van der Waals surface area contributed by atoms with Crippen LogP contribution in [0.5, 0.6) is 0 Å². The van der Waals surface area contributed by atoms with Gasteiger partial charge in [0.15, 0.2) is 0 Å². The zero-order valence-corrected chi connectivity index (χ0v) is 14.5. The van der Waals surface area contributed by atoms with Gasteiger partial charge in [0.05, 0.1) is 0 Å². The number of unbranched alkanes of at least 4 members (excludes halogenated alkanes) is 1. The molecule has 0 atom stereocenters. The number of halogens is 1. The van der Waals surface area contributed by atoms with Crippen LogP contribution < -0.4 is 0 Å². The third kappa shape index (κ3) is 18.7. The zero-order valence-electron chi connectivity index (χ0n) is 13.7. The quantitative estimate of drug-likeness (QED) is 0.210. The molecule has 0 aromatic carbocycles. The minimum atomic E-state index is -0.243. The van der Waals surface area contributed by atoms with Crippen molar-refractivity contribution < 1.29 is 4.79 Å². The fourth-order valence-electron chi connectivity index (χ4n) is 1.73. The molecule has 0 aliphatic carbocycles. The summed E-state index contributed by atoms with van der Waals surface area (Å²) in [6.45, 7) is 2.15. The number of rotatable bonds is 13. The first-order valence-electron chi connectivity index (χ1n) is 8.20. The molecule has 0 bridgehead atoms. The second-order valence-corrected chi connectivity index (χ2v) is 5.38. The summed E-state index contributed by atoms with van der Waals surface area (Å²) in [6, 6.07) is 0. The minimum absolute atomic E-state index is 0.243. The third-order valence-electron chi connectivity index (χ3n) is 2.90. The molecule has 0 radical (unpaired) electrons. The summed E-state index contributed by atoms with van der Waals surface area (Å²) >= 11 is 5.26. The van der Waals surface area contributed by atoms with E-state index in [1.165, 1.54) is 0 Å². The van der Waals surface area contributed by atoms with Crippen molar-refractivity contribution >= 4 is 16.8 Å². The maximum absolute atomic E-state index is 10.5. The van der Waals surface area contributed by atoms with Crippen LogP contribution in [0.3, 0.4) is 0 Å². The fourth-order valence-corrected chi connectivity index (χ4v) is 1.86. The molecule has 1 nitrogen and oxygen atoms in total. The van der Waals surface area contributed by atoms with E-state index in [1.54, 1.807) is 0 Å². The van der Waals surface area contributed by atoms with Gasteiger partial charge in [-0.1, -0.05) is 67.7 Å². The Hall–Kier alpha value is -1.34. The monoisotopic (exact) mass is 320 g/mol.